The molecule has 0 fully saturated rings. The van der Waals surface area contributed by atoms with Crippen LogP contribution < -0.4 is 4.72 Å². The lowest BCUT2D eigenvalue weighted by Crippen LogP contribution is -2.13. The Bertz CT molecular complexity index is 891. The molecule has 0 aliphatic heterocycles. The number of anilines is 1. The molecule has 0 saturated carbocycles. The van der Waals surface area contributed by atoms with E-state index in [0.29, 0.717) is 16.6 Å². The highest BCUT2D eigenvalue weighted by molar-refractivity contribution is 7.93. The maximum absolute atomic E-state index is 12.6. The lowest BCUT2D eigenvalue weighted by Gasteiger charge is -2.11. The van der Waals surface area contributed by atoms with Gasteiger partial charge in [0, 0.05) is 17.3 Å². The van der Waals surface area contributed by atoms with Gasteiger partial charge in [-0.05, 0) is 42.8 Å². The maximum atomic E-state index is 12.6. The molecule has 0 aliphatic carbocycles. The van der Waals surface area contributed by atoms with Crippen LogP contribution in [0.15, 0.2) is 65.7 Å². The van der Waals surface area contributed by atoms with Crippen molar-refractivity contribution in [3.05, 3.63) is 66.4 Å². The number of para-hydroxylation sites is 1. The van der Waals surface area contributed by atoms with E-state index < -0.39 is 10.0 Å². The molecule has 0 unspecified atom stereocenters. The molecule has 0 spiro atoms. The molecular formula is C16H14N2O2S. The second kappa shape index (κ2) is 5.18. The van der Waals surface area contributed by atoms with E-state index in [1.807, 2.05) is 13.0 Å². The minimum Gasteiger partial charge on any atom is -0.280 e. The standard InChI is InChI=1S/C16H14N2O2S/c1-12-9-10-15(14-8-5-11-17-16(12)14)21(19,20)18-13-6-3-2-4-7-13/h2-11,18H,1H3. The van der Waals surface area contributed by atoms with E-state index in [1.165, 1.54) is 0 Å². The summed E-state index contributed by atoms with van der Waals surface area (Å²) < 4.78 is 27.8. The van der Waals surface area contributed by atoms with Crippen LogP contribution in [0.1, 0.15) is 5.56 Å². The highest BCUT2D eigenvalue weighted by Crippen LogP contribution is 2.25. The summed E-state index contributed by atoms with van der Waals surface area (Å²) in [7, 11) is -3.65. The summed E-state index contributed by atoms with van der Waals surface area (Å²) in [6.07, 6.45) is 1.66. The zero-order chi connectivity index (χ0) is 14.9. The van der Waals surface area contributed by atoms with E-state index in [9.17, 15) is 8.42 Å². The van der Waals surface area contributed by atoms with Gasteiger partial charge in [0.25, 0.3) is 10.0 Å². The second-order valence-corrected chi connectivity index (χ2v) is 6.40. The number of pyridine rings is 1. The number of aromatic nitrogens is 1. The minimum absolute atomic E-state index is 0.236. The predicted octanol–water partition coefficient (Wildman–Crippen LogP) is 3.34. The Kier molecular flexibility index (Phi) is 3.35. The first-order valence-corrected chi connectivity index (χ1v) is 7.98. The fourth-order valence-corrected chi connectivity index (χ4v) is 3.50. The normalized spacial score (nSPS) is 11.5. The topological polar surface area (TPSA) is 59.1 Å². The van der Waals surface area contributed by atoms with Crippen molar-refractivity contribution < 1.29 is 8.42 Å². The summed E-state index contributed by atoms with van der Waals surface area (Å²) in [5.41, 5.74) is 2.19. The van der Waals surface area contributed by atoms with Crippen molar-refractivity contribution in [3.63, 3.8) is 0 Å². The summed E-state index contributed by atoms with van der Waals surface area (Å²) in [4.78, 5) is 4.51. The Labute approximate surface area is 123 Å². The monoisotopic (exact) mass is 298 g/mol. The fourth-order valence-electron chi connectivity index (χ4n) is 2.24. The lowest BCUT2D eigenvalue weighted by atomic mass is 10.1. The molecule has 0 radical (unpaired) electrons. The van der Waals surface area contributed by atoms with E-state index in [4.69, 9.17) is 0 Å². The number of aryl methyl sites for hydroxylation is 1. The zero-order valence-electron chi connectivity index (χ0n) is 11.4. The number of benzene rings is 2. The van der Waals surface area contributed by atoms with Crippen LogP contribution in [0.3, 0.4) is 0 Å². The van der Waals surface area contributed by atoms with Crippen molar-refractivity contribution >= 4 is 26.6 Å². The number of nitrogens with one attached hydrogen (secondary N) is 1. The maximum Gasteiger partial charge on any atom is 0.262 e. The molecule has 1 aromatic heterocycles. The first-order chi connectivity index (χ1) is 10.1. The molecule has 1 N–H and O–H groups in total. The van der Waals surface area contributed by atoms with Crippen molar-refractivity contribution in [3.8, 4) is 0 Å². The quantitative estimate of drug-likeness (QED) is 0.806. The van der Waals surface area contributed by atoms with Crippen LogP contribution in [0.25, 0.3) is 10.9 Å². The smallest absolute Gasteiger partial charge is 0.262 e. The van der Waals surface area contributed by atoms with E-state index in [1.54, 1.807) is 54.7 Å². The van der Waals surface area contributed by atoms with Gasteiger partial charge in [0.2, 0.25) is 0 Å². The van der Waals surface area contributed by atoms with Gasteiger partial charge >= 0.3 is 0 Å². The number of rotatable bonds is 3. The molecular weight excluding hydrogens is 284 g/mol. The van der Waals surface area contributed by atoms with Crippen LogP contribution in [-0.2, 0) is 10.0 Å². The van der Waals surface area contributed by atoms with Crippen molar-refractivity contribution in [2.24, 2.45) is 0 Å². The number of hydrogen-bond acceptors (Lipinski definition) is 3. The third-order valence-corrected chi connectivity index (χ3v) is 4.69. The molecule has 106 valence electrons. The molecule has 3 rings (SSSR count). The van der Waals surface area contributed by atoms with Gasteiger partial charge in [-0.2, -0.15) is 0 Å². The molecule has 4 nitrogen and oxygen atoms in total. The summed E-state index contributed by atoms with van der Waals surface area (Å²) in [5.74, 6) is 0. The molecule has 21 heavy (non-hydrogen) atoms. The van der Waals surface area contributed by atoms with Crippen LogP contribution in [0, 0.1) is 6.92 Å². The number of sulfonamides is 1. The lowest BCUT2D eigenvalue weighted by molar-refractivity contribution is 0.602. The molecule has 1 heterocycles. The molecule has 0 atom stereocenters. The average molecular weight is 298 g/mol. The Hall–Kier alpha value is -2.40. The van der Waals surface area contributed by atoms with Crippen molar-refractivity contribution in [1.29, 1.82) is 0 Å². The van der Waals surface area contributed by atoms with E-state index in [0.717, 1.165) is 5.56 Å². The Morgan fingerprint density at radius 2 is 1.71 bits per heavy atom. The first-order valence-electron chi connectivity index (χ1n) is 6.50. The molecule has 0 aliphatic rings. The Morgan fingerprint density at radius 1 is 0.952 bits per heavy atom. The van der Waals surface area contributed by atoms with Gasteiger partial charge in [-0.3, -0.25) is 9.71 Å². The number of fused-ring (bicyclic) bond motifs is 1. The third kappa shape index (κ3) is 2.60. The van der Waals surface area contributed by atoms with E-state index >= 15 is 0 Å². The number of hydrogen-bond donors (Lipinski definition) is 1. The van der Waals surface area contributed by atoms with Crippen LogP contribution >= 0.6 is 0 Å². The minimum atomic E-state index is -3.65. The summed E-state index contributed by atoms with van der Waals surface area (Å²) in [5, 5.41) is 0.626. The summed E-state index contributed by atoms with van der Waals surface area (Å²) in [6.45, 7) is 1.91. The number of nitrogens with zero attached hydrogens (tertiary/aromatic N) is 1. The second-order valence-electron chi connectivity index (χ2n) is 4.75. The molecule has 5 heteroatoms. The van der Waals surface area contributed by atoms with Gasteiger partial charge in [-0.15, -0.1) is 0 Å². The van der Waals surface area contributed by atoms with E-state index in [2.05, 4.69) is 9.71 Å². The highest BCUT2D eigenvalue weighted by Gasteiger charge is 2.18. The average Bonchev–Trinajstić information content (AvgIpc) is 2.48. The van der Waals surface area contributed by atoms with Crippen molar-refractivity contribution in [2.75, 3.05) is 4.72 Å². The largest absolute Gasteiger partial charge is 0.280 e. The SMILES string of the molecule is Cc1ccc(S(=O)(=O)Nc2ccccc2)c2cccnc12. The fraction of sp³-hybridized carbons (Fsp3) is 0.0625. The van der Waals surface area contributed by atoms with Crippen molar-refractivity contribution in [1.82, 2.24) is 4.98 Å². The van der Waals surface area contributed by atoms with Crippen LogP contribution in [0.5, 0.6) is 0 Å². The van der Waals surface area contributed by atoms with Crippen molar-refractivity contribution in [2.45, 2.75) is 11.8 Å². The van der Waals surface area contributed by atoms with Crippen LogP contribution in [-0.4, -0.2) is 13.4 Å². The van der Waals surface area contributed by atoms with E-state index in [-0.39, 0.29) is 4.90 Å². The zero-order valence-corrected chi connectivity index (χ0v) is 12.3. The molecule has 0 bridgehead atoms. The summed E-state index contributed by atoms with van der Waals surface area (Å²) >= 11 is 0. The van der Waals surface area contributed by atoms with Gasteiger partial charge in [0.15, 0.2) is 0 Å². The summed E-state index contributed by atoms with van der Waals surface area (Å²) in [6, 6.07) is 15.7. The molecule has 3 aromatic rings. The first kappa shape index (κ1) is 13.6. The van der Waals surface area contributed by atoms with Crippen LogP contribution in [0.2, 0.25) is 0 Å². The highest BCUT2D eigenvalue weighted by atomic mass is 32.2. The van der Waals surface area contributed by atoms with Gasteiger partial charge in [-0.1, -0.05) is 24.3 Å². The van der Waals surface area contributed by atoms with Crippen LogP contribution in [0.4, 0.5) is 5.69 Å². The molecule has 0 saturated heterocycles. The third-order valence-electron chi connectivity index (χ3n) is 3.25. The molecule has 0 amide bonds. The predicted molar refractivity (Wildman–Crippen MR) is 83.7 cm³/mol. The Morgan fingerprint density at radius 3 is 2.48 bits per heavy atom. The van der Waals surface area contributed by atoms with Gasteiger partial charge in [0.1, 0.15) is 0 Å². The van der Waals surface area contributed by atoms with Gasteiger partial charge in [0.05, 0.1) is 10.4 Å². The van der Waals surface area contributed by atoms with Gasteiger partial charge in [-0.25, -0.2) is 8.42 Å². The van der Waals surface area contributed by atoms with Gasteiger partial charge < -0.3 is 0 Å². The molecule has 2 aromatic carbocycles. The Balaban J connectivity index is 2.14.